The molecular weight excluding hydrogens is 320 g/mol. The van der Waals surface area contributed by atoms with Crippen molar-refractivity contribution in [3.63, 3.8) is 0 Å². The second kappa shape index (κ2) is 6.38. The number of benzene rings is 1. The van der Waals surface area contributed by atoms with Crippen LogP contribution in [-0.4, -0.2) is 29.6 Å². The van der Waals surface area contributed by atoms with Crippen LogP contribution in [0, 0.1) is 5.92 Å². The molecule has 0 amide bonds. The third kappa shape index (κ3) is 2.48. The van der Waals surface area contributed by atoms with E-state index in [1.165, 1.54) is 50.6 Å². The topological polar surface area (TPSA) is 25.4 Å². The average molecular weight is 348 g/mol. The summed E-state index contributed by atoms with van der Waals surface area (Å²) in [6.45, 7) is 2.24. The van der Waals surface area contributed by atoms with Gasteiger partial charge in [0.1, 0.15) is 5.75 Å². The number of ether oxygens (including phenoxy) is 1. The van der Waals surface area contributed by atoms with Crippen molar-refractivity contribution in [2.45, 2.75) is 56.5 Å². The minimum absolute atomic E-state index is 0.385. The Labute approximate surface area is 156 Å². The van der Waals surface area contributed by atoms with Crippen LogP contribution in [0.4, 0.5) is 0 Å². The maximum atomic E-state index is 5.58. The molecule has 0 radical (unpaired) electrons. The van der Waals surface area contributed by atoms with Gasteiger partial charge >= 0.3 is 0 Å². The van der Waals surface area contributed by atoms with Crippen molar-refractivity contribution >= 4 is 0 Å². The number of hydrogen-bond donors (Lipinski definition) is 0. The van der Waals surface area contributed by atoms with Gasteiger partial charge in [-0.05, 0) is 73.0 Å². The van der Waals surface area contributed by atoms with Crippen molar-refractivity contribution < 1.29 is 4.74 Å². The van der Waals surface area contributed by atoms with Gasteiger partial charge in [-0.15, -0.1) is 0 Å². The molecule has 3 nitrogen and oxygen atoms in total. The lowest BCUT2D eigenvalue weighted by Gasteiger charge is -2.59. The maximum absolute atomic E-state index is 5.58. The van der Waals surface area contributed by atoms with E-state index in [0.29, 0.717) is 11.5 Å². The van der Waals surface area contributed by atoms with Gasteiger partial charge in [0.15, 0.2) is 0 Å². The number of pyridine rings is 1. The first-order valence-corrected chi connectivity index (χ1v) is 10.1. The van der Waals surface area contributed by atoms with E-state index >= 15 is 0 Å². The first-order valence-electron chi connectivity index (χ1n) is 10.1. The highest BCUT2D eigenvalue weighted by molar-refractivity contribution is 5.45. The lowest BCUT2D eigenvalue weighted by molar-refractivity contribution is -0.0157. The molecule has 1 aromatic carbocycles. The summed E-state index contributed by atoms with van der Waals surface area (Å²) in [4.78, 5) is 7.07. The van der Waals surface area contributed by atoms with E-state index in [9.17, 15) is 0 Å². The number of piperidine rings is 1. The lowest BCUT2D eigenvalue weighted by atomic mass is 9.52. The van der Waals surface area contributed by atoms with Gasteiger partial charge in [-0.3, -0.25) is 9.88 Å². The Kier molecular flexibility index (Phi) is 4.00. The van der Waals surface area contributed by atoms with Crippen molar-refractivity contribution in [3.05, 3.63) is 59.4 Å². The van der Waals surface area contributed by atoms with E-state index in [4.69, 9.17) is 4.74 Å². The SMILES string of the molecule is COc1ccc2c(c1)[C@]13CCCC[C@H]1[C@@H](C2)N(Cc1cccnc1)CC3. The third-order valence-corrected chi connectivity index (χ3v) is 7.27. The Morgan fingerprint density at radius 1 is 1.23 bits per heavy atom. The molecule has 3 heteroatoms. The predicted molar refractivity (Wildman–Crippen MR) is 103 cm³/mol. The van der Waals surface area contributed by atoms with Crippen LogP contribution in [0.25, 0.3) is 0 Å². The Hall–Kier alpha value is -1.87. The zero-order chi connectivity index (χ0) is 17.6. The number of nitrogens with zero attached hydrogens (tertiary/aromatic N) is 2. The molecule has 3 atom stereocenters. The molecule has 2 heterocycles. The molecule has 1 aliphatic heterocycles. The normalized spacial score (nSPS) is 30.3. The van der Waals surface area contributed by atoms with Crippen LogP contribution in [0.2, 0.25) is 0 Å². The monoisotopic (exact) mass is 348 g/mol. The summed E-state index contributed by atoms with van der Waals surface area (Å²) < 4.78 is 5.58. The smallest absolute Gasteiger partial charge is 0.119 e. The summed E-state index contributed by atoms with van der Waals surface area (Å²) in [6.07, 6.45) is 11.9. The molecule has 26 heavy (non-hydrogen) atoms. The quantitative estimate of drug-likeness (QED) is 0.825. The Bertz CT molecular complexity index is 790. The molecule has 1 saturated heterocycles. The van der Waals surface area contributed by atoms with Gasteiger partial charge in [-0.25, -0.2) is 0 Å². The summed E-state index contributed by atoms with van der Waals surface area (Å²) in [5.41, 5.74) is 4.90. The molecule has 0 unspecified atom stereocenters. The maximum Gasteiger partial charge on any atom is 0.119 e. The molecule has 0 spiro atoms. The summed E-state index contributed by atoms with van der Waals surface area (Å²) >= 11 is 0. The fourth-order valence-corrected chi connectivity index (χ4v) is 6.11. The molecule has 0 N–H and O–H groups in total. The highest BCUT2D eigenvalue weighted by Crippen LogP contribution is 2.56. The second-order valence-corrected chi connectivity index (χ2v) is 8.38. The molecule has 2 bridgehead atoms. The van der Waals surface area contributed by atoms with Crippen LogP contribution in [0.1, 0.15) is 48.8 Å². The molecule has 1 aromatic heterocycles. The first kappa shape index (κ1) is 16.3. The zero-order valence-corrected chi connectivity index (χ0v) is 15.7. The number of likely N-dealkylation sites (tertiary alicyclic amines) is 1. The van der Waals surface area contributed by atoms with Crippen molar-refractivity contribution in [2.75, 3.05) is 13.7 Å². The highest BCUT2D eigenvalue weighted by Gasteiger charge is 2.53. The minimum atomic E-state index is 0.385. The molecule has 3 aliphatic rings. The van der Waals surface area contributed by atoms with Gasteiger partial charge in [0, 0.05) is 30.4 Å². The third-order valence-electron chi connectivity index (χ3n) is 7.27. The largest absolute Gasteiger partial charge is 0.497 e. The van der Waals surface area contributed by atoms with Gasteiger partial charge in [0.25, 0.3) is 0 Å². The molecule has 2 fully saturated rings. The summed E-state index contributed by atoms with van der Waals surface area (Å²) in [7, 11) is 1.79. The van der Waals surface area contributed by atoms with Gasteiger partial charge in [0.2, 0.25) is 0 Å². The van der Waals surface area contributed by atoms with Crippen LogP contribution in [0.15, 0.2) is 42.7 Å². The Balaban J connectivity index is 1.53. The second-order valence-electron chi connectivity index (χ2n) is 8.38. The number of fused-ring (bicyclic) bond motifs is 1. The highest BCUT2D eigenvalue weighted by atomic mass is 16.5. The number of aromatic nitrogens is 1. The Morgan fingerprint density at radius 3 is 3.04 bits per heavy atom. The molecule has 136 valence electrons. The van der Waals surface area contributed by atoms with E-state index in [-0.39, 0.29) is 0 Å². The summed E-state index contributed by atoms with van der Waals surface area (Å²) in [6, 6.07) is 11.8. The number of methoxy groups -OCH3 is 1. The summed E-state index contributed by atoms with van der Waals surface area (Å²) in [5, 5.41) is 0. The van der Waals surface area contributed by atoms with E-state index in [2.05, 4.69) is 40.2 Å². The molecule has 2 aromatic rings. The van der Waals surface area contributed by atoms with Crippen LogP contribution in [-0.2, 0) is 18.4 Å². The van der Waals surface area contributed by atoms with Crippen molar-refractivity contribution in [3.8, 4) is 5.75 Å². The van der Waals surface area contributed by atoms with Crippen LogP contribution in [0.5, 0.6) is 5.75 Å². The minimum Gasteiger partial charge on any atom is -0.497 e. The number of rotatable bonds is 3. The van der Waals surface area contributed by atoms with Gasteiger partial charge in [0.05, 0.1) is 7.11 Å². The summed E-state index contributed by atoms with van der Waals surface area (Å²) in [5.74, 6) is 1.82. The van der Waals surface area contributed by atoms with Gasteiger partial charge < -0.3 is 4.74 Å². The zero-order valence-electron chi connectivity index (χ0n) is 15.7. The van der Waals surface area contributed by atoms with Gasteiger partial charge in [-0.1, -0.05) is 25.0 Å². The van der Waals surface area contributed by atoms with Crippen LogP contribution < -0.4 is 4.74 Å². The fourth-order valence-electron chi connectivity index (χ4n) is 6.11. The molecule has 1 saturated carbocycles. The van der Waals surface area contributed by atoms with E-state index in [1.807, 2.05) is 12.4 Å². The molecular formula is C23H28N2O. The van der Waals surface area contributed by atoms with Crippen LogP contribution in [0.3, 0.4) is 0 Å². The van der Waals surface area contributed by atoms with Crippen molar-refractivity contribution in [1.29, 1.82) is 0 Å². The van der Waals surface area contributed by atoms with E-state index in [1.54, 1.807) is 18.2 Å². The van der Waals surface area contributed by atoms with Gasteiger partial charge in [-0.2, -0.15) is 0 Å². The van der Waals surface area contributed by atoms with E-state index < -0.39 is 0 Å². The Morgan fingerprint density at radius 2 is 2.19 bits per heavy atom. The number of hydrogen-bond acceptors (Lipinski definition) is 3. The molecule has 5 rings (SSSR count). The standard InChI is InChI=1S/C23H28N2O/c1-26-19-8-7-18-13-22-20-6-2-3-9-23(20,21(18)14-19)10-12-25(22)16-17-5-4-11-24-15-17/h4-5,7-8,11,14-15,20,22H,2-3,6,9-10,12-13,16H2,1H3/t20-,22+,23-/m0/s1. The van der Waals surface area contributed by atoms with E-state index in [0.717, 1.165) is 18.2 Å². The van der Waals surface area contributed by atoms with Crippen LogP contribution >= 0.6 is 0 Å². The first-order chi connectivity index (χ1) is 12.8. The fraction of sp³-hybridized carbons (Fsp3) is 0.522. The molecule has 2 aliphatic carbocycles. The average Bonchev–Trinajstić information content (AvgIpc) is 2.70. The predicted octanol–water partition coefficient (Wildman–Crippen LogP) is 4.35. The lowest BCUT2D eigenvalue weighted by Crippen LogP contribution is -2.60. The van der Waals surface area contributed by atoms with Crippen molar-refractivity contribution in [2.24, 2.45) is 5.92 Å². The van der Waals surface area contributed by atoms with Crippen molar-refractivity contribution in [1.82, 2.24) is 9.88 Å².